The first-order chi connectivity index (χ1) is 19.5. The Hall–Kier alpha value is -2.16. The summed E-state index contributed by atoms with van der Waals surface area (Å²) in [6, 6.07) is 23.5. The highest BCUT2D eigenvalue weighted by atomic mass is 28.4. The van der Waals surface area contributed by atoms with Crippen LogP contribution in [0.5, 0.6) is 0 Å². The fraction of sp³-hybridized carbons (Fsp3) is 0.550. The fourth-order valence-electron chi connectivity index (χ4n) is 6.24. The number of rotatable bonds is 11. The summed E-state index contributed by atoms with van der Waals surface area (Å²) < 4.78 is 7.00. The van der Waals surface area contributed by atoms with E-state index in [1.807, 2.05) is 0 Å². The first-order valence-electron chi connectivity index (χ1n) is 16.5. The summed E-state index contributed by atoms with van der Waals surface area (Å²) in [6.45, 7) is 30.3. The topological polar surface area (TPSA) is 9.23 Å². The van der Waals surface area contributed by atoms with E-state index in [2.05, 4.69) is 150 Å². The van der Waals surface area contributed by atoms with Crippen LogP contribution in [0.4, 0.5) is 0 Å². The van der Waals surface area contributed by atoms with Crippen LogP contribution in [-0.4, -0.2) is 14.4 Å². The molecule has 0 saturated carbocycles. The summed E-state index contributed by atoms with van der Waals surface area (Å²) in [6.07, 6.45) is 5.59. The minimum absolute atomic E-state index is 0.0111. The van der Waals surface area contributed by atoms with Gasteiger partial charge in [-0.05, 0) is 114 Å². The van der Waals surface area contributed by atoms with Gasteiger partial charge in [0.05, 0.1) is 6.10 Å². The van der Waals surface area contributed by atoms with E-state index in [9.17, 15) is 0 Å². The van der Waals surface area contributed by atoms with Gasteiger partial charge < -0.3 is 4.43 Å². The zero-order valence-electron chi connectivity index (χ0n) is 29.3. The van der Waals surface area contributed by atoms with E-state index in [4.69, 9.17) is 4.43 Å². The molecule has 0 aliphatic heterocycles. The van der Waals surface area contributed by atoms with Crippen LogP contribution in [0.25, 0.3) is 11.1 Å². The highest BCUT2D eigenvalue weighted by Crippen LogP contribution is 2.43. The lowest BCUT2D eigenvalue weighted by atomic mass is 9.69. The molecule has 0 aromatic heterocycles. The molecule has 3 aromatic rings. The van der Waals surface area contributed by atoms with Crippen LogP contribution in [0.1, 0.15) is 115 Å². The van der Waals surface area contributed by atoms with Crippen LogP contribution < -0.4 is 0 Å². The van der Waals surface area contributed by atoms with E-state index < -0.39 is 8.32 Å². The van der Waals surface area contributed by atoms with Crippen molar-refractivity contribution >= 4 is 8.32 Å². The monoisotopic (exact) mass is 584 g/mol. The van der Waals surface area contributed by atoms with Crippen molar-refractivity contribution in [2.24, 2.45) is 5.41 Å². The molecule has 1 unspecified atom stereocenters. The third-order valence-electron chi connectivity index (χ3n) is 10.4. The molecule has 2 heteroatoms. The van der Waals surface area contributed by atoms with Crippen molar-refractivity contribution in [1.29, 1.82) is 0 Å². The first-order valence-corrected chi connectivity index (χ1v) is 19.4. The lowest BCUT2D eigenvalue weighted by molar-refractivity contribution is 0.0657. The predicted molar refractivity (Wildman–Crippen MR) is 188 cm³/mol. The Morgan fingerprint density at radius 3 is 1.83 bits per heavy atom. The van der Waals surface area contributed by atoms with E-state index in [1.165, 1.54) is 44.5 Å². The fourth-order valence-corrected chi connectivity index (χ4v) is 7.78. The lowest BCUT2D eigenvalue weighted by Crippen LogP contribution is -2.47. The maximum Gasteiger partial charge on any atom is 0.192 e. The molecule has 42 heavy (non-hydrogen) atoms. The second-order valence-corrected chi connectivity index (χ2v) is 20.0. The third kappa shape index (κ3) is 7.48. The minimum Gasteiger partial charge on any atom is -0.413 e. The second-order valence-electron chi connectivity index (χ2n) is 15.3. The van der Waals surface area contributed by atoms with Gasteiger partial charge >= 0.3 is 0 Å². The SMILES string of the molecule is CCc1cccc(-c2ccc(C(CC)(CC)c3ccc(CCC(O[Si](C)(C)C(C)(C)C)C(C)(C)C)c(C)c3)cc2C)c1. The van der Waals surface area contributed by atoms with E-state index in [0.717, 1.165) is 32.1 Å². The van der Waals surface area contributed by atoms with Crippen LogP contribution in [-0.2, 0) is 22.7 Å². The molecule has 0 amide bonds. The van der Waals surface area contributed by atoms with Crippen molar-refractivity contribution in [2.45, 2.75) is 138 Å². The molecule has 0 heterocycles. The molecule has 1 nitrogen and oxygen atoms in total. The molecule has 1 atom stereocenters. The minimum atomic E-state index is -1.85. The highest BCUT2D eigenvalue weighted by molar-refractivity contribution is 6.74. The molecule has 3 rings (SSSR count). The van der Waals surface area contributed by atoms with E-state index in [0.29, 0.717) is 0 Å². The normalized spacial score (nSPS) is 13.8. The zero-order valence-corrected chi connectivity index (χ0v) is 30.3. The molecule has 0 radical (unpaired) electrons. The van der Waals surface area contributed by atoms with E-state index in [-0.39, 0.29) is 22.0 Å². The quantitative estimate of drug-likeness (QED) is 0.204. The Labute approximate surface area is 260 Å². The largest absolute Gasteiger partial charge is 0.413 e. The van der Waals surface area contributed by atoms with Crippen LogP contribution in [0.15, 0.2) is 60.7 Å². The molecule has 0 bridgehead atoms. The summed E-state index contributed by atoms with van der Waals surface area (Å²) in [4.78, 5) is 0. The highest BCUT2D eigenvalue weighted by Gasteiger charge is 2.41. The van der Waals surface area contributed by atoms with Crippen molar-refractivity contribution in [3.63, 3.8) is 0 Å². The summed E-state index contributed by atoms with van der Waals surface area (Å²) >= 11 is 0. The molecule has 230 valence electrons. The third-order valence-corrected chi connectivity index (χ3v) is 14.9. The average Bonchev–Trinajstić information content (AvgIpc) is 2.91. The van der Waals surface area contributed by atoms with Gasteiger partial charge in [0, 0.05) is 5.41 Å². The maximum absolute atomic E-state index is 7.00. The van der Waals surface area contributed by atoms with Crippen LogP contribution in [0.2, 0.25) is 18.1 Å². The second kappa shape index (κ2) is 13.2. The predicted octanol–water partition coefficient (Wildman–Crippen LogP) is 12.0. The van der Waals surface area contributed by atoms with Crippen molar-refractivity contribution in [1.82, 2.24) is 0 Å². The Kier molecular flexibility index (Phi) is 10.8. The van der Waals surface area contributed by atoms with Gasteiger partial charge in [-0.1, -0.05) is 123 Å². The van der Waals surface area contributed by atoms with Crippen molar-refractivity contribution < 1.29 is 4.43 Å². The van der Waals surface area contributed by atoms with Gasteiger partial charge in [0.15, 0.2) is 8.32 Å². The maximum atomic E-state index is 7.00. The average molecular weight is 585 g/mol. The molecule has 0 N–H and O–H groups in total. The molecular weight excluding hydrogens is 525 g/mol. The number of benzene rings is 3. The molecular formula is C40H60OSi. The lowest BCUT2D eigenvalue weighted by Gasteiger charge is -2.43. The zero-order chi connectivity index (χ0) is 31.5. The van der Waals surface area contributed by atoms with Crippen molar-refractivity contribution in [3.8, 4) is 11.1 Å². The van der Waals surface area contributed by atoms with Gasteiger partial charge in [0.1, 0.15) is 0 Å². The summed E-state index contributed by atoms with van der Waals surface area (Å²) in [5.74, 6) is 0. The van der Waals surface area contributed by atoms with Crippen molar-refractivity contribution in [3.05, 3.63) is 94.0 Å². The van der Waals surface area contributed by atoms with Gasteiger partial charge in [0.25, 0.3) is 0 Å². The van der Waals surface area contributed by atoms with Crippen LogP contribution >= 0.6 is 0 Å². The number of hydrogen-bond donors (Lipinski definition) is 0. The Balaban J connectivity index is 1.90. The Bertz CT molecular complexity index is 1330. The van der Waals surface area contributed by atoms with Gasteiger partial charge in [-0.25, -0.2) is 0 Å². The molecule has 0 fully saturated rings. The van der Waals surface area contributed by atoms with E-state index in [1.54, 1.807) is 0 Å². The van der Waals surface area contributed by atoms with Crippen molar-refractivity contribution in [2.75, 3.05) is 0 Å². The summed E-state index contributed by atoms with van der Waals surface area (Å²) in [5, 5.41) is 0.216. The smallest absolute Gasteiger partial charge is 0.192 e. The number of aryl methyl sites for hydroxylation is 4. The first kappa shape index (κ1) is 34.3. The number of hydrogen-bond acceptors (Lipinski definition) is 1. The van der Waals surface area contributed by atoms with Gasteiger partial charge in [-0.15, -0.1) is 0 Å². The molecule has 3 aromatic carbocycles. The van der Waals surface area contributed by atoms with Crippen LogP contribution in [0.3, 0.4) is 0 Å². The van der Waals surface area contributed by atoms with Crippen LogP contribution in [0, 0.1) is 19.3 Å². The molecule has 0 saturated heterocycles. The Morgan fingerprint density at radius 2 is 1.33 bits per heavy atom. The molecule has 0 aliphatic carbocycles. The standard InChI is InChI=1S/C40H60OSi/c1-14-31-18-17-19-33(28-31)36-24-23-35(27-30(36)5)40(15-2,16-3)34-22-20-32(29(4)26-34)21-25-37(38(6,7)8)41-42(12,13)39(9,10)11/h17-20,22-24,26-28,37H,14-16,21,25H2,1-13H3. The molecule has 0 aliphatic rings. The Morgan fingerprint density at radius 1 is 0.738 bits per heavy atom. The molecule has 0 spiro atoms. The van der Waals surface area contributed by atoms with Gasteiger partial charge in [-0.2, -0.15) is 0 Å². The van der Waals surface area contributed by atoms with Gasteiger partial charge in [0.2, 0.25) is 0 Å². The van der Waals surface area contributed by atoms with Gasteiger partial charge in [-0.3, -0.25) is 0 Å². The summed E-state index contributed by atoms with van der Waals surface area (Å²) in [7, 11) is -1.85. The summed E-state index contributed by atoms with van der Waals surface area (Å²) in [5.41, 5.74) is 11.3. The van der Waals surface area contributed by atoms with E-state index >= 15 is 0 Å².